The summed E-state index contributed by atoms with van der Waals surface area (Å²) in [6.07, 6.45) is 0.661. The third-order valence-electron chi connectivity index (χ3n) is 2.81. The Morgan fingerprint density at radius 1 is 1.33 bits per heavy atom. The van der Waals surface area contributed by atoms with Crippen molar-refractivity contribution >= 4 is 16.8 Å². The van der Waals surface area contributed by atoms with Crippen LogP contribution in [0.25, 0.3) is 10.9 Å². The Morgan fingerprint density at radius 2 is 2.20 bits per heavy atom. The maximum atomic E-state index is 11.7. The molecule has 0 aliphatic carbocycles. The summed E-state index contributed by atoms with van der Waals surface area (Å²) < 4.78 is 0. The number of aromatic amines is 1. The van der Waals surface area contributed by atoms with Crippen molar-refractivity contribution in [3.8, 4) is 5.88 Å². The first-order valence-electron chi connectivity index (χ1n) is 4.88. The van der Waals surface area contributed by atoms with Crippen molar-refractivity contribution in [2.75, 3.05) is 6.54 Å². The number of nitrogens with one attached hydrogen (secondary N) is 2. The Balaban J connectivity index is 2.47. The van der Waals surface area contributed by atoms with E-state index in [-0.39, 0.29) is 11.8 Å². The van der Waals surface area contributed by atoms with Crippen LogP contribution in [-0.4, -0.2) is 22.5 Å². The van der Waals surface area contributed by atoms with E-state index >= 15 is 0 Å². The predicted octanol–water partition coefficient (Wildman–Crippen LogP) is 1.16. The maximum absolute atomic E-state index is 11.7. The van der Waals surface area contributed by atoms with E-state index < -0.39 is 0 Å². The molecule has 0 saturated carbocycles. The molecule has 0 bridgehead atoms. The average Bonchev–Trinajstić information content (AvgIpc) is 2.43. The molecule has 0 saturated heterocycles. The van der Waals surface area contributed by atoms with E-state index in [1.807, 2.05) is 12.1 Å². The summed E-state index contributed by atoms with van der Waals surface area (Å²) in [7, 11) is 0. The topological polar surface area (TPSA) is 65.1 Å². The Hall–Kier alpha value is -1.97. The van der Waals surface area contributed by atoms with Crippen LogP contribution < -0.4 is 5.32 Å². The summed E-state index contributed by atoms with van der Waals surface area (Å²) in [5.41, 5.74) is 2.28. The molecular weight excluding hydrogens is 192 g/mol. The van der Waals surface area contributed by atoms with E-state index in [2.05, 4.69) is 10.3 Å². The van der Waals surface area contributed by atoms with Gasteiger partial charge in [-0.05, 0) is 18.6 Å². The zero-order valence-electron chi connectivity index (χ0n) is 8.00. The Bertz CT molecular complexity index is 557. The molecule has 3 rings (SSSR count). The van der Waals surface area contributed by atoms with Gasteiger partial charge in [0.25, 0.3) is 5.91 Å². The Morgan fingerprint density at radius 3 is 3.07 bits per heavy atom. The van der Waals surface area contributed by atoms with E-state index in [1.165, 1.54) is 0 Å². The van der Waals surface area contributed by atoms with Crippen LogP contribution in [0.1, 0.15) is 15.9 Å². The number of rotatable bonds is 0. The van der Waals surface area contributed by atoms with Crippen molar-refractivity contribution in [3.05, 3.63) is 29.3 Å². The third-order valence-corrected chi connectivity index (χ3v) is 2.81. The number of aromatic hydroxyl groups is 1. The van der Waals surface area contributed by atoms with Crippen molar-refractivity contribution in [2.45, 2.75) is 6.42 Å². The quantitative estimate of drug-likeness (QED) is 0.600. The number of benzene rings is 1. The largest absolute Gasteiger partial charge is 0.494 e. The minimum absolute atomic E-state index is 0.0710. The van der Waals surface area contributed by atoms with E-state index in [9.17, 15) is 9.90 Å². The number of carbonyl (C=O) groups excluding carboxylic acids is 1. The highest BCUT2D eigenvalue weighted by Gasteiger charge is 2.20. The molecule has 0 radical (unpaired) electrons. The van der Waals surface area contributed by atoms with Crippen LogP contribution in [-0.2, 0) is 6.42 Å². The maximum Gasteiger partial charge on any atom is 0.251 e. The van der Waals surface area contributed by atoms with E-state index in [1.54, 1.807) is 6.07 Å². The SMILES string of the molecule is O=C1NCCc2c(O)[nH]c3cccc1c23. The third kappa shape index (κ3) is 1.05. The lowest BCUT2D eigenvalue weighted by atomic mass is 10.1. The summed E-state index contributed by atoms with van der Waals surface area (Å²) in [6, 6.07) is 5.45. The van der Waals surface area contributed by atoms with Crippen LogP contribution in [0.5, 0.6) is 5.88 Å². The molecule has 1 amide bonds. The van der Waals surface area contributed by atoms with E-state index in [0.717, 1.165) is 16.5 Å². The number of hydrogen-bond acceptors (Lipinski definition) is 2. The fraction of sp³-hybridized carbons (Fsp3) is 0.182. The molecular formula is C11H10N2O2. The van der Waals surface area contributed by atoms with Crippen molar-refractivity contribution < 1.29 is 9.90 Å². The second-order valence-electron chi connectivity index (χ2n) is 3.69. The van der Waals surface area contributed by atoms with Gasteiger partial charge < -0.3 is 15.4 Å². The standard InChI is InChI=1S/C11H10N2O2/c14-10-6-2-1-3-8-9(6)7(4-5-12-10)11(15)13-8/h1-3,13,15H,4-5H2,(H,12,14). The highest BCUT2D eigenvalue weighted by Crippen LogP contribution is 2.31. The molecule has 4 nitrogen and oxygen atoms in total. The van der Waals surface area contributed by atoms with Gasteiger partial charge in [0.1, 0.15) is 0 Å². The van der Waals surface area contributed by atoms with Gasteiger partial charge in [-0.1, -0.05) is 6.07 Å². The molecule has 2 heterocycles. The van der Waals surface area contributed by atoms with Gasteiger partial charge in [0.2, 0.25) is 0 Å². The van der Waals surface area contributed by atoms with Crippen LogP contribution in [0, 0.1) is 0 Å². The fourth-order valence-corrected chi connectivity index (χ4v) is 2.13. The molecule has 2 aromatic rings. The van der Waals surface area contributed by atoms with Crippen LogP contribution >= 0.6 is 0 Å². The monoisotopic (exact) mass is 202 g/mol. The van der Waals surface area contributed by atoms with Crippen LogP contribution in [0.3, 0.4) is 0 Å². The Labute approximate surface area is 85.9 Å². The number of hydrogen-bond donors (Lipinski definition) is 3. The minimum atomic E-state index is -0.0710. The van der Waals surface area contributed by atoms with Gasteiger partial charge in [-0.25, -0.2) is 0 Å². The zero-order chi connectivity index (χ0) is 10.4. The molecule has 1 aliphatic rings. The normalized spacial score (nSPS) is 15.1. The van der Waals surface area contributed by atoms with Crippen molar-refractivity contribution in [3.63, 3.8) is 0 Å². The van der Waals surface area contributed by atoms with Gasteiger partial charge in [0, 0.05) is 28.6 Å². The van der Waals surface area contributed by atoms with Gasteiger partial charge in [-0.15, -0.1) is 0 Å². The smallest absolute Gasteiger partial charge is 0.251 e. The van der Waals surface area contributed by atoms with Crippen molar-refractivity contribution in [1.29, 1.82) is 0 Å². The molecule has 1 aliphatic heterocycles. The molecule has 1 aromatic carbocycles. The molecule has 1 aromatic heterocycles. The second-order valence-corrected chi connectivity index (χ2v) is 3.69. The Kier molecular flexibility index (Phi) is 1.54. The highest BCUT2D eigenvalue weighted by molar-refractivity contribution is 6.09. The average molecular weight is 202 g/mol. The van der Waals surface area contributed by atoms with Crippen molar-refractivity contribution in [2.24, 2.45) is 0 Å². The zero-order valence-corrected chi connectivity index (χ0v) is 8.00. The van der Waals surface area contributed by atoms with Crippen LogP contribution in [0.15, 0.2) is 18.2 Å². The van der Waals surface area contributed by atoms with Gasteiger partial charge in [0.15, 0.2) is 5.88 Å². The first kappa shape index (κ1) is 8.35. The van der Waals surface area contributed by atoms with E-state index in [4.69, 9.17) is 0 Å². The predicted molar refractivity (Wildman–Crippen MR) is 56.0 cm³/mol. The molecule has 4 heteroatoms. The summed E-state index contributed by atoms with van der Waals surface area (Å²) in [4.78, 5) is 14.6. The van der Waals surface area contributed by atoms with E-state index in [0.29, 0.717) is 18.5 Å². The van der Waals surface area contributed by atoms with Gasteiger partial charge in [-0.3, -0.25) is 4.79 Å². The number of H-pyrrole nitrogens is 1. The molecule has 0 fully saturated rings. The minimum Gasteiger partial charge on any atom is -0.494 e. The lowest BCUT2D eigenvalue weighted by molar-refractivity contribution is 0.0957. The van der Waals surface area contributed by atoms with Crippen LogP contribution in [0.2, 0.25) is 0 Å². The molecule has 0 atom stereocenters. The first-order valence-corrected chi connectivity index (χ1v) is 4.88. The molecule has 15 heavy (non-hydrogen) atoms. The molecule has 76 valence electrons. The summed E-state index contributed by atoms with van der Waals surface area (Å²) in [5.74, 6) is 0.104. The van der Waals surface area contributed by atoms with Gasteiger partial charge in [-0.2, -0.15) is 0 Å². The lowest BCUT2D eigenvalue weighted by Crippen LogP contribution is -2.23. The van der Waals surface area contributed by atoms with Gasteiger partial charge >= 0.3 is 0 Å². The second kappa shape index (κ2) is 2.76. The number of amides is 1. The summed E-state index contributed by atoms with van der Waals surface area (Å²) in [5, 5.41) is 13.4. The fourth-order valence-electron chi connectivity index (χ4n) is 2.13. The van der Waals surface area contributed by atoms with Crippen LogP contribution in [0.4, 0.5) is 0 Å². The molecule has 0 spiro atoms. The lowest BCUT2D eigenvalue weighted by Gasteiger charge is -2.00. The summed E-state index contributed by atoms with van der Waals surface area (Å²) >= 11 is 0. The molecule has 0 unspecified atom stereocenters. The number of aromatic nitrogens is 1. The molecule has 3 N–H and O–H groups in total. The highest BCUT2D eigenvalue weighted by atomic mass is 16.3. The summed E-state index contributed by atoms with van der Waals surface area (Å²) in [6.45, 7) is 0.564. The van der Waals surface area contributed by atoms with Crippen molar-refractivity contribution in [1.82, 2.24) is 10.3 Å². The van der Waals surface area contributed by atoms with Gasteiger partial charge in [0.05, 0.1) is 0 Å². The number of carbonyl (C=O) groups is 1. The first-order chi connectivity index (χ1) is 7.27.